The van der Waals surface area contributed by atoms with Crippen molar-refractivity contribution in [3.63, 3.8) is 0 Å². The maximum absolute atomic E-state index is 2.60. The van der Waals surface area contributed by atoms with Crippen LogP contribution in [0.25, 0.3) is 27.1 Å². The standard InChI is InChI=1S/C31H45Si3.C13H10.2ClH.Zr/c1-12-21-18-23-20-25-27(22-16-14-15-17-22)24(13-2)30(33(6,7)8)31(34(9,10)11)29(25)28(23)26(19-21)32(3,4)5;1-3-7-12(8-4-1)11-13-9-5-2-6-10-13;;;/h14-16,18-20H,12-13,17H2,1-11H3;1-10H;2*1H;/q-1;;;;+2/p-2. The Kier molecular flexibility index (Phi) is 14.4. The van der Waals surface area contributed by atoms with Crippen LogP contribution in [0.3, 0.4) is 0 Å². The normalized spacial score (nSPS) is 13.0. The van der Waals surface area contributed by atoms with Crippen LogP contribution >= 0.6 is 0 Å². The van der Waals surface area contributed by atoms with E-state index in [1.165, 1.54) is 55.1 Å². The summed E-state index contributed by atoms with van der Waals surface area (Å²) in [5.74, 6) is 0. The van der Waals surface area contributed by atoms with Crippen molar-refractivity contribution in [1.82, 2.24) is 0 Å². The van der Waals surface area contributed by atoms with Crippen molar-refractivity contribution in [2.45, 2.75) is 92.0 Å². The van der Waals surface area contributed by atoms with Gasteiger partial charge in [0.1, 0.15) is 0 Å². The number of fused-ring (bicyclic) bond motifs is 3. The molecule has 0 aromatic heterocycles. The summed E-state index contributed by atoms with van der Waals surface area (Å²) < 4.78 is 1.42. The maximum atomic E-state index is 2.60. The number of rotatable bonds is 8. The van der Waals surface area contributed by atoms with Crippen LogP contribution in [0.1, 0.15) is 48.1 Å². The molecule has 6 heteroatoms. The molecule has 0 heterocycles. The summed E-state index contributed by atoms with van der Waals surface area (Å²) in [7, 11) is -4.77. The third kappa shape index (κ3) is 8.87. The van der Waals surface area contributed by atoms with Crippen LogP contribution in [0.15, 0.2) is 97.1 Å². The Bertz CT molecular complexity index is 1980. The zero-order valence-corrected chi connectivity index (χ0v) is 39.1. The van der Waals surface area contributed by atoms with Crippen molar-refractivity contribution < 1.29 is 49.0 Å². The molecule has 50 heavy (non-hydrogen) atoms. The van der Waals surface area contributed by atoms with Crippen molar-refractivity contribution in [1.29, 1.82) is 0 Å². The fourth-order valence-corrected chi connectivity index (χ4v) is 16.3. The van der Waals surface area contributed by atoms with E-state index in [-0.39, 0.29) is 24.8 Å². The SMILES string of the molecule is CCc1cc([Si](C)(C)C)c2c(c1)[cH-]c1c(C3=CC=CC3)c(CC)c([Si](C)(C)C)c([Si](C)(C)C)c12.[Cl-].[Cl-].[Zr+2]=[C](c1ccccc1)c1ccccc1. The first-order valence-electron chi connectivity index (χ1n) is 17.9. The Labute approximate surface area is 333 Å². The van der Waals surface area contributed by atoms with E-state index in [1.807, 2.05) is 0 Å². The van der Waals surface area contributed by atoms with Crippen LogP contribution in [0.2, 0.25) is 58.9 Å². The fraction of sp³-hybridized carbons (Fsp3) is 0.318. The van der Waals surface area contributed by atoms with Gasteiger partial charge in [0.2, 0.25) is 0 Å². The molecule has 0 fully saturated rings. The molecule has 5 aromatic rings. The first kappa shape index (κ1) is 42.6. The van der Waals surface area contributed by atoms with Gasteiger partial charge in [0, 0.05) is 0 Å². The van der Waals surface area contributed by atoms with Gasteiger partial charge in [0.25, 0.3) is 0 Å². The summed E-state index contributed by atoms with van der Waals surface area (Å²) in [6, 6.07) is 28.8. The minimum atomic E-state index is -1.63. The third-order valence-electron chi connectivity index (χ3n) is 9.71. The van der Waals surface area contributed by atoms with Crippen LogP contribution in [0, 0.1) is 0 Å². The van der Waals surface area contributed by atoms with Gasteiger partial charge in [-0.3, -0.25) is 0 Å². The molecule has 0 amide bonds. The Morgan fingerprint density at radius 3 is 1.64 bits per heavy atom. The monoisotopic (exact) mass is 827 g/mol. The van der Waals surface area contributed by atoms with Crippen molar-refractivity contribution in [3.05, 3.63) is 125 Å². The molecule has 0 saturated carbocycles. The zero-order chi connectivity index (χ0) is 35.0. The Morgan fingerprint density at radius 1 is 0.680 bits per heavy atom. The molecule has 0 unspecified atom stereocenters. The molecular weight excluding hydrogens is 775 g/mol. The van der Waals surface area contributed by atoms with Gasteiger partial charge >= 0.3 is 99.2 Å². The van der Waals surface area contributed by atoms with E-state index in [4.69, 9.17) is 0 Å². The first-order chi connectivity index (χ1) is 22.6. The van der Waals surface area contributed by atoms with Crippen LogP contribution in [0.5, 0.6) is 0 Å². The quantitative estimate of drug-likeness (QED) is 0.158. The number of aryl methyl sites for hydroxylation is 1. The molecule has 0 N–H and O–H groups in total. The number of halogens is 2. The summed E-state index contributed by atoms with van der Waals surface area (Å²) in [6.07, 6.45) is 10.3. The van der Waals surface area contributed by atoms with E-state index in [0.29, 0.717) is 0 Å². The van der Waals surface area contributed by atoms with Crippen molar-refractivity contribution in [3.8, 4) is 0 Å². The fourth-order valence-electron chi connectivity index (χ4n) is 7.60. The molecule has 0 bridgehead atoms. The molecule has 6 rings (SSSR count). The average Bonchev–Trinajstić information content (AvgIpc) is 3.71. The van der Waals surface area contributed by atoms with Gasteiger partial charge in [0.05, 0.1) is 24.2 Å². The summed E-state index contributed by atoms with van der Waals surface area (Å²) in [5, 5.41) is 11.5. The number of hydrogen-bond acceptors (Lipinski definition) is 0. The van der Waals surface area contributed by atoms with E-state index < -0.39 is 24.2 Å². The average molecular weight is 830 g/mol. The van der Waals surface area contributed by atoms with Crippen LogP contribution in [0.4, 0.5) is 0 Å². The Hall–Kier alpha value is -1.79. The number of benzene rings is 4. The van der Waals surface area contributed by atoms with Crippen molar-refractivity contribution in [2.24, 2.45) is 0 Å². The molecule has 0 saturated heterocycles. The molecule has 0 atom stereocenters. The second-order valence-electron chi connectivity index (χ2n) is 16.5. The van der Waals surface area contributed by atoms with Crippen molar-refractivity contribution >= 4 is 70.1 Å². The molecule has 1 aliphatic rings. The first-order valence-corrected chi connectivity index (χ1v) is 29.6. The predicted octanol–water partition coefficient (Wildman–Crippen LogP) is 4.63. The van der Waals surface area contributed by atoms with Crippen molar-refractivity contribution in [2.75, 3.05) is 0 Å². The topological polar surface area (TPSA) is 0 Å². The van der Waals surface area contributed by atoms with Gasteiger partial charge in [-0.2, -0.15) is 0 Å². The molecule has 262 valence electrons. The number of allylic oxidation sites excluding steroid dienone is 4. The molecule has 0 aliphatic heterocycles. The molecule has 1 aliphatic carbocycles. The van der Waals surface area contributed by atoms with Gasteiger partial charge in [0.15, 0.2) is 0 Å². The summed E-state index contributed by atoms with van der Waals surface area (Å²) in [4.78, 5) is 0. The van der Waals surface area contributed by atoms with E-state index in [2.05, 4.69) is 170 Å². The van der Waals surface area contributed by atoms with Gasteiger partial charge in [-0.15, -0.1) is 33.7 Å². The second-order valence-corrected chi connectivity index (χ2v) is 32.8. The Morgan fingerprint density at radius 2 is 1.22 bits per heavy atom. The van der Waals surface area contributed by atoms with Crippen LogP contribution in [-0.2, 0) is 37.1 Å². The molecule has 5 aromatic carbocycles. The summed E-state index contributed by atoms with van der Waals surface area (Å²) in [6.45, 7) is 27.9. The summed E-state index contributed by atoms with van der Waals surface area (Å²) in [5.41, 5.74) is 8.94. The molecular formula is C44H55Cl2Si3Zr-. The van der Waals surface area contributed by atoms with Gasteiger partial charge in [-0.1, -0.05) is 135 Å². The van der Waals surface area contributed by atoms with Crippen LogP contribution in [-0.4, -0.2) is 27.4 Å². The third-order valence-corrected chi connectivity index (χ3v) is 17.4. The zero-order valence-electron chi connectivity index (χ0n) is 32.1. The molecule has 0 nitrogen and oxygen atoms in total. The summed E-state index contributed by atoms with van der Waals surface area (Å²) >= 11 is 1.46. The Balaban J connectivity index is 0.000000355. The van der Waals surface area contributed by atoms with E-state index >= 15 is 0 Å². The molecule has 0 radical (unpaired) electrons. The van der Waals surface area contributed by atoms with Gasteiger partial charge < -0.3 is 24.8 Å². The predicted molar refractivity (Wildman–Crippen MR) is 223 cm³/mol. The van der Waals surface area contributed by atoms with Crippen LogP contribution < -0.4 is 40.4 Å². The minimum absolute atomic E-state index is 0. The second kappa shape index (κ2) is 16.9. The van der Waals surface area contributed by atoms with Gasteiger partial charge in [-0.05, 0) is 19.3 Å². The van der Waals surface area contributed by atoms with E-state index in [1.54, 1.807) is 42.8 Å². The molecule has 0 spiro atoms. The van der Waals surface area contributed by atoms with E-state index in [0.717, 1.165) is 19.3 Å². The number of hydrogen-bond donors (Lipinski definition) is 0. The van der Waals surface area contributed by atoms with Gasteiger partial charge in [-0.25, -0.2) is 0 Å². The van der Waals surface area contributed by atoms with E-state index in [9.17, 15) is 0 Å².